The first kappa shape index (κ1) is 13.7. The summed E-state index contributed by atoms with van der Waals surface area (Å²) in [4.78, 5) is 10.7. The summed E-state index contributed by atoms with van der Waals surface area (Å²) in [5.41, 5.74) is 5.71. The highest BCUT2D eigenvalue weighted by molar-refractivity contribution is 5.57. The molecule has 0 spiro atoms. The number of rotatable bonds is 3. The molecule has 1 rings (SSSR count). The van der Waals surface area contributed by atoms with Gasteiger partial charge in [0.2, 0.25) is 0 Å². The molecule has 0 amide bonds. The van der Waals surface area contributed by atoms with Gasteiger partial charge in [-0.1, -0.05) is 20.8 Å². The molecule has 1 aliphatic rings. The van der Waals surface area contributed by atoms with E-state index in [-0.39, 0.29) is 5.41 Å². The average molecular weight is 227 g/mol. The van der Waals surface area contributed by atoms with E-state index in [0.717, 1.165) is 25.7 Å². The van der Waals surface area contributed by atoms with Crippen LogP contribution in [0.25, 0.3) is 0 Å². The minimum Gasteiger partial charge on any atom is -0.385 e. The minimum absolute atomic E-state index is 0.312. The summed E-state index contributed by atoms with van der Waals surface area (Å²) in [6.07, 6.45) is 3.61. The van der Waals surface area contributed by atoms with Gasteiger partial charge in [-0.25, -0.2) is 0 Å². The molecule has 16 heavy (non-hydrogen) atoms. The number of carbonyl (C=O) groups is 1. The molecule has 1 aliphatic carbocycles. The van der Waals surface area contributed by atoms with E-state index in [9.17, 15) is 9.90 Å². The van der Waals surface area contributed by atoms with E-state index < -0.39 is 6.10 Å². The summed E-state index contributed by atoms with van der Waals surface area (Å²) >= 11 is 0. The molecule has 0 heterocycles. The second-order valence-electron chi connectivity index (χ2n) is 6.29. The summed E-state index contributed by atoms with van der Waals surface area (Å²) in [6, 6.07) is 0. The van der Waals surface area contributed by atoms with Gasteiger partial charge < -0.3 is 15.6 Å². The normalized spacial score (nSPS) is 33.4. The number of hydrogen-bond acceptors (Lipinski definition) is 3. The lowest BCUT2D eigenvalue weighted by atomic mass is 9.62. The van der Waals surface area contributed by atoms with Crippen LogP contribution >= 0.6 is 0 Å². The number of hydrogen-bond donors (Lipinski definition) is 2. The molecule has 0 saturated heterocycles. The highest BCUT2D eigenvalue weighted by Gasteiger charge is 2.42. The number of aliphatic hydroxyl groups is 1. The van der Waals surface area contributed by atoms with Crippen molar-refractivity contribution in [2.45, 2.75) is 52.6 Å². The SMILES string of the molecule is CC(C)(C)C1CCC(CN)(C(O)C=O)CC1. The molecule has 3 nitrogen and oxygen atoms in total. The Balaban J connectivity index is 2.67. The van der Waals surface area contributed by atoms with Crippen LogP contribution in [0, 0.1) is 16.7 Å². The number of nitrogens with two attached hydrogens (primary N) is 1. The number of aliphatic hydroxyl groups excluding tert-OH is 1. The van der Waals surface area contributed by atoms with Gasteiger partial charge in [-0.15, -0.1) is 0 Å². The summed E-state index contributed by atoms with van der Waals surface area (Å²) in [7, 11) is 0. The van der Waals surface area contributed by atoms with Crippen LogP contribution in [-0.4, -0.2) is 24.0 Å². The van der Waals surface area contributed by atoms with Crippen LogP contribution in [0.15, 0.2) is 0 Å². The van der Waals surface area contributed by atoms with Crippen molar-refractivity contribution < 1.29 is 9.90 Å². The molecule has 1 atom stereocenters. The Morgan fingerprint density at radius 2 is 1.94 bits per heavy atom. The highest BCUT2D eigenvalue weighted by Crippen LogP contribution is 2.46. The van der Waals surface area contributed by atoms with Crippen molar-refractivity contribution in [1.82, 2.24) is 0 Å². The van der Waals surface area contributed by atoms with Gasteiger partial charge in [-0.2, -0.15) is 0 Å². The van der Waals surface area contributed by atoms with Crippen LogP contribution in [0.4, 0.5) is 0 Å². The van der Waals surface area contributed by atoms with Crippen LogP contribution in [0.5, 0.6) is 0 Å². The van der Waals surface area contributed by atoms with Crippen LogP contribution in [0.1, 0.15) is 46.5 Å². The summed E-state index contributed by atoms with van der Waals surface area (Å²) in [6.45, 7) is 7.17. The topological polar surface area (TPSA) is 63.3 Å². The predicted molar refractivity (Wildman–Crippen MR) is 65.0 cm³/mol. The number of aldehydes is 1. The molecule has 1 unspecified atom stereocenters. The van der Waals surface area contributed by atoms with Gasteiger partial charge in [0.15, 0.2) is 0 Å². The van der Waals surface area contributed by atoms with E-state index >= 15 is 0 Å². The Hall–Kier alpha value is -0.410. The smallest absolute Gasteiger partial charge is 0.149 e. The van der Waals surface area contributed by atoms with Gasteiger partial charge in [0.25, 0.3) is 0 Å². The molecule has 3 heteroatoms. The second kappa shape index (κ2) is 4.84. The number of carbonyl (C=O) groups excluding carboxylic acids is 1. The van der Waals surface area contributed by atoms with Crippen LogP contribution in [0.3, 0.4) is 0 Å². The average Bonchev–Trinajstić information content (AvgIpc) is 2.26. The Morgan fingerprint density at radius 1 is 1.44 bits per heavy atom. The van der Waals surface area contributed by atoms with Crippen LogP contribution in [-0.2, 0) is 4.79 Å². The standard InChI is InChI=1S/C13H25NO2/c1-12(2,3)10-4-6-13(9-14,7-5-10)11(16)8-15/h8,10-11,16H,4-7,9,14H2,1-3H3. The monoisotopic (exact) mass is 227 g/mol. The maximum Gasteiger partial charge on any atom is 0.149 e. The van der Waals surface area contributed by atoms with Gasteiger partial charge >= 0.3 is 0 Å². The lowest BCUT2D eigenvalue weighted by molar-refractivity contribution is -0.123. The van der Waals surface area contributed by atoms with Crippen molar-refractivity contribution in [3.05, 3.63) is 0 Å². The van der Waals surface area contributed by atoms with Gasteiger partial charge in [0.1, 0.15) is 12.4 Å². The molecule has 0 aromatic carbocycles. The van der Waals surface area contributed by atoms with Gasteiger partial charge in [-0.05, 0) is 37.0 Å². The van der Waals surface area contributed by atoms with E-state index in [1.54, 1.807) is 0 Å². The molecular formula is C13H25NO2. The molecule has 0 aromatic heterocycles. The van der Waals surface area contributed by atoms with Crippen LogP contribution < -0.4 is 5.73 Å². The van der Waals surface area contributed by atoms with Crippen molar-refractivity contribution in [2.24, 2.45) is 22.5 Å². The maximum absolute atomic E-state index is 10.7. The van der Waals surface area contributed by atoms with Gasteiger partial charge in [0.05, 0.1) is 0 Å². The van der Waals surface area contributed by atoms with Crippen molar-refractivity contribution in [2.75, 3.05) is 6.54 Å². The highest BCUT2D eigenvalue weighted by atomic mass is 16.3. The second-order valence-corrected chi connectivity index (χ2v) is 6.29. The first-order valence-electron chi connectivity index (χ1n) is 6.19. The third-order valence-electron chi connectivity index (χ3n) is 4.37. The Bertz CT molecular complexity index is 237. The summed E-state index contributed by atoms with van der Waals surface area (Å²) in [5, 5.41) is 9.77. The van der Waals surface area contributed by atoms with E-state index in [0.29, 0.717) is 24.2 Å². The molecule has 0 radical (unpaired) electrons. The van der Waals surface area contributed by atoms with E-state index in [4.69, 9.17) is 5.73 Å². The summed E-state index contributed by atoms with van der Waals surface area (Å²) in [5.74, 6) is 0.672. The van der Waals surface area contributed by atoms with Gasteiger partial charge in [0, 0.05) is 12.0 Å². The fourth-order valence-electron chi connectivity index (χ4n) is 2.82. The maximum atomic E-state index is 10.7. The van der Waals surface area contributed by atoms with Crippen molar-refractivity contribution >= 4 is 6.29 Å². The van der Waals surface area contributed by atoms with Crippen molar-refractivity contribution in [3.63, 3.8) is 0 Å². The third kappa shape index (κ3) is 2.64. The van der Waals surface area contributed by atoms with Gasteiger partial charge in [-0.3, -0.25) is 0 Å². The fraction of sp³-hybridized carbons (Fsp3) is 0.923. The first-order chi connectivity index (χ1) is 7.35. The lowest BCUT2D eigenvalue weighted by Crippen LogP contribution is -2.46. The third-order valence-corrected chi connectivity index (χ3v) is 4.37. The Labute approximate surface area is 98.4 Å². The zero-order valence-electron chi connectivity index (χ0n) is 10.7. The Kier molecular flexibility index (Phi) is 4.13. The van der Waals surface area contributed by atoms with E-state index in [2.05, 4.69) is 20.8 Å². The lowest BCUT2D eigenvalue weighted by Gasteiger charge is -2.44. The van der Waals surface area contributed by atoms with E-state index in [1.807, 2.05) is 0 Å². The summed E-state index contributed by atoms with van der Waals surface area (Å²) < 4.78 is 0. The molecule has 0 aromatic rings. The fourth-order valence-corrected chi connectivity index (χ4v) is 2.82. The minimum atomic E-state index is -0.890. The zero-order chi connectivity index (χ0) is 12.4. The Morgan fingerprint density at radius 3 is 2.25 bits per heavy atom. The zero-order valence-corrected chi connectivity index (χ0v) is 10.7. The molecule has 0 aliphatic heterocycles. The molecule has 0 bridgehead atoms. The molecule has 1 fully saturated rings. The molecule has 1 saturated carbocycles. The van der Waals surface area contributed by atoms with E-state index in [1.165, 1.54) is 0 Å². The van der Waals surface area contributed by atoms with Crippen molar-refractivity contribution in [3.8, 4) is 0 Å². The quantitative estimate of drug-likeness (QED) is 0.722. The largest absolute Gasteiger partial charge is 0.385 e. The molecular weight excluding hydrogens is 202 g/mol. The molecule has 3 N–H and O–H groups in total. The van der Waals surface area contributed by atoms with Crippen LogP contribution in [0.2, 0.25) is 0 Å². The molecule has 94 valence electrons. The predicted octanol–water partition coefficient (Wildman–Crippen LogP) is 1.73. The van der Waals surface area contributed by atoms with Crippen molar-refractivity contribution in [1.29, 1.82) is 0 Å². The first-order valence-corrected chi connectivity index (χ1v) is 6.19.